The number of benzene rings is 3. The summed E-state index contributed by atoms with van der Waals surface area (Å²) in [6.07, 6.45) is 1.77. The Bertz CT molecular complexity index is 1590. The molecule has 2 N–H and O–H groups in total. The van der Waals surface area contributed by atoms with Gasteiger partial charge in [0, 0.05) is 34.7 Å². The zero-order valence-corrected chi connectivity index (χ0v) is 26.8. The maximum atomic E-state index is 16.0. The largest absolute Gasteiger partial charge is 0.466 e. The lowest BCUT2D eigenvalue weighted by atomic mass is 9.62. The number of hydrogen-bond acceptors (Lipinski definition) is 4. The van der Waals surface area contributed by atoms with Crippen molar-refractivity contribution in [1.82, 2.24) is 0 Å². The smallest absolute Gasteiger partial charge is 0.306 e. The molecule has 44 heavy (non-hydrogen) atoms. The predicted molar refractivity (Wildman–Crippen MR) is 172 cm³/mol. The highest BCUT2D eigenvalue weighted by molar-refractivity contribution is 6.31. The van der Waals surface area contributed by atoms with Crippen LogP contribution in [-0.4, -0.2) is 24.4 Å². The summed E-state index contributed by atoms with van der Waals surface area (Å²) in [4.78, 5) is 40.2. The number of aryl methyl sites for hydroxylation is 1. The van der Waals surface area contributed by atoms with Crippen molar-refractivity contribution in [3.8, 4) is 0 Å². The number of hydrogen-bond donors (Lipinski definition) is 2. The monoisotopic (exact) mass is 638 g/mol. The van der Waals surface area contributed by atoms with Crippen molar-refractivity contribution in [2.45, 2.75) is 64.7 Å². The SMILES string of the molecule is CCOC(=O)CCc1ccc(NC(=O)[C@@H]2C[C@@H](CC(C)(C)C)[C@@]3(C(=O)Nc4cc(Cl)ccc43)[C@H]2c2cccc(Cl)c2F)cc1. The van der Waals surface area contributed by atoms with Gasteiger partial charge in [-0.15, -0.1) is 0 Å². The van der Waals surface area contributed by atoms with Crippen LogP contribution in [0.3, 0.4) is 0 Å². The first-order chi connectivity index (χ1) is 20.8. The fourth-order valence-electron chi connectivity index (χ4n) is 7.18. The molecule has 6 nitrogen and oxygen atoms in total. The molecule has 1 spiro atoms. The molecule has 232 valence electrons. The normalized spacial score (nSPS) is 22.5. The van der Waals surface area contributed by atoms with Gasteiger partial charge in [0.1, 0.15) is 5.82 Å². The zero-order valence-electron chi connectivity index (χ0n) is 25.3. The van der Waals surface area contributed by atoms with Crippen LogP contribution in [0.4, 0.5) is 15.8 Å². The van der Waals surface area contributed by atoms with E-state index in [0.29, 0.717) is 47.8 Å². The molecule has 5 rings (SSSR count). The third-order valence-electron chi connectivity index (χ3n) is 8.78. The summed E-state index contributed by atoms with van der Waals surface area (Å²) in [6.45, 7) is 8.41. The second kappa shape index (κ2) is 12.5. The van der Waals surface area contributed by atoms with E-state index in [9.17, 15) is 14.4 Å². The van der Waals surface area contributed by atoms with Gasteiger partial charge in [-0.25, -0.2) is 4.39 Å². The molecule has 3 aromatic rings. The van der Waals surface area contributed by atoms with Gasteiger partial charge in [0.05, 0.1) is 17.0 Å². The van der Waals surface area contributed by atoms with Gasteiger partial charge in [-0.3, -0.25) is 14.4 Å². The number of rotatable bonds is 8. The fourth-order valence-corrected chi connectivity index (χ4v) is 7.53. The number of anilines is 2. The summed E-state index contributed by atoms with van der Waals surface area (Å²) in [6, 6.07) is 17.3. The first-order valence-corrected chi connectivity index (χ1v) is 15.7. The molecule has 3 aromatic carbocycles. The first kappa shape index (κ1) is 32.0. The second-order valence-electron chi connectivity index (χ2n) is 12.9. The van der Waals surface area contributed by atoms with Gasteiger partial charge >= 0.3 is 5.97 Å². The molecule has 2 aliphatic rings. The predicted octanol–water partition coefficient (Wildman–Crippen LogP) is 8.31. The van der Waals surface area contributed by atoms with Crippen molar-refractivity contribution >= 4 is 52.4 Å². The number of halogens is 3. The Kier molecular flexibility index (Phi) is 9.11. The van der Waals surface area contributed by atoms with E-state index < -0.39 is 23.1 Å². The minimum Gasteiger partial charge on any atom is -0.466 e. The van der Waals surface area contributed by atoms with E-state index in [1.54, 1.807) is 43.3 Å². The lowest BCUT2D eigenvalue weighted by molar-refractivity contribution is -0.143. The van der Waals surface area contributed by atoms with Gasteiger partial charge in [-0.05, 0) is 84.5 Å². The van der Waals surface area contributed by atoms with E-state index in [1.807, 2.05) is 18.2 Å². The molecule has 0 unspecified atom stereocenters. The van der Waals surface area contributed by atoms with Gasteiger partial charge in [0.25, 0.3) is 0 Å². The van der Waals surface area contributed by atoms with Crippen molar-refractivity contribution in [3.05, 3.63) is 93.2 Å². The molecule has 1 heterocycles. The first-order valence-electron chi connectivity index (χ1n) is 15.0. The fraction of sp³-hybridized carbons (Fsp3) is 0.400. The summed E-state index contributed by atoms with van der Waals surface area (Å²) in [5, 5.41) is 6.45. The van der Waals surface area contributed by atoms with Crippen LogP contribution in [0.15, 0.2) is 60.7 Å². The van der Waals surface area contributed by atoms with Crippen LogP contribution in [0.1, 0.15) is 69.6 Å². The zero-order chi connectivity index (χ0) is 31.8. The molecule has 9 heteroatoms. The van der Waals surface area contributed by atoms with E-state index in [-0.39, 0.29) is 46.1 Å². The topological polar surface area (TPSA) is 84.5 Å². The maximum absolute atomic E-state index is 16.0. The van der Waals surface area contributed by atoms with E-state index in [1.165, 1.54) is 6.07 Å². The molecule has 1 aliphatic heterocycles. The Labute approximate surface area is 267 Å². The van der Waals surface area contributed by atoms with Crippen molar-refractivity contribution in [2.24, 2.45) is 17.3 Å². The molecule has 0 aromatic heterocycles. The van der Waals surface area contributed by atoms with Gasteiger partial charge in [-0.2, -0.15) is 0 Å². The molecule has 1 fully saturated rings. The summed E-state index contributed by atoms with van der Waals surface area (Å²) < 4.78 is 21.0. The number of carbonyl (C=O) groups excluding carboxylic acids is 3. The summed E-state index contributed by atoms with van der Waals surface area (Å²) >= 11 is 12.6. The molecule has 2 amide bonds. The third-order valence-corrected chi connectivity index (χ3v) is 9.31. The number of ether oxygens (including phenoxy) is 1. The molecule has 4 atom stereocenters. The van der Waals surface area contributed by atoms with Crippen LogP contribution in [0.5, 0.6) is 0 Å². The quantitative estimate of drug-likeness (QED) is 0.243. The molecular weight excluding hydrogens is 602 g/mol. The average molecular weight is 640 g/mol. The Balaban J connectivity index is 1.55. The highest BCUT2D eigenvalue weighted by atomic mass is 35.5. The van der Waals surface area contributed by atoms with Crippen molar-refractivity contribution in [1.29, 1.82) is 0 Å². The summed E-state index contributed by atoms with van der Waals surface area (Å²) in [5.74, 6) is -3.33. The van der Waals surface area contributed by atoms with Crippen LogP contribution < -0.4 is 10.6 Å². The molecular formula is C35H37Cl2FN2O4. The molecule has 0 radical (unpaired) electrons. The van der Waals surface area contributed by atoms with Gasteiger partial charge in [-0.1, -0.05) is 74.3 Å². The van der Waals surface area contributed by atoms with E-state index in [0.717, 1.165) is 5.56 Å². The maximum Gasteiger partial charge on any atom is 0.306 e. The minimum absolute atomic E-state index is 0.0655. The number of amides is 2. The number of fused-ring (bicyclic) bond motifs is 2. The van der Waals surface area contributed by atoms with Crippen LogP contribution in [-0.2, 0) is 31.0 Å². The number of carbonyl (C=O) groups is 3. The number of nitrogens with one attached hydrogen (secondary N) is 2. The Morgan fingerprint density at radius 1 is 1.09 bits per heavy atom. The van der Waals surface area contributed by atoms with E-state index in [4.69, 9.17) is 27.9 Å². The van der Waals surface area contributed by atoms with Crippen LogP contribution in [0.2, 0.25) is 10.0 Å². The Morgan fingerprint density at radius 2 is 1.82 bits per heavy atom. The summed E-state index contributed by atoms with van der Waals surface area (Å²) in [5.41, 5.74) is 1.61. The molecule has 1 saturated carbocycles. The molecule has 1 aliphatic carbocycles. The highest BCUT2D eigenvalue weighted by Gasteiger charge is 2.66. The molecule has 0 bridgehead atoms. The lowest BCUT2D eigenvalue weighted by Crippen LogP contribution is -2.45. The van der Waals surface area contributed by atoms with Crippen LogP contribution in [0, 0.1) is 23.1 Å². The highest BCUT2D eigenvalue weighted by Crippen LogP contribution is 2.64. The van der Waals surface area contributed by atoms with E-state index in [2.05, 4.69) is 31.4 Å². The van der Waals surface area contributed by atoms with Crippen molar-refractivity contribution in [3.63, 3.8) is 0 Å². The average Bonchev–Trinajstić information content (AvgIpc) is 3.43. The second-order valence-corrected chi connectivity index (χ2v) is 13.8. The Morgan fingerprint density at radius 3 is 2.50 bits per heavy atom. The van der Waals surface area contributed by atoms with E-state index >= 15 is 4.39 Å². The molecule has 0 saturated heterocycles. The van der Waals surface area contributed by atoms with Crippen molar-refractivity contribution < 1.29 is 23.5 Å². The van der Waals surface area contributed by atoms with Gasteiger partial charge in [0.2, 0.25) is 11.8 Å². The van der Waals surface area contributed by atoms with Gasteiger partial charge in [0.15, 0.2) is 0 Å². The number of esters is 1. The summed E-state index contributed by atoms with van der Waals surface area (Å²) in [7, 11) is 0. The van der Waals surface area contributed by atoms with Gasteiger partial charge < -0.3 is 15.4 Å². The Hall–Kier alpha value is -3.42. The third kappa shape index (κ3) is 6.09. The standard InChI is InChI=1S/C35H37Cl2FN2O4/c1-5-44-29(41)16-11-20-9-13-23(14-10-20)39-32(42)25-17-21(19-34(2,3)4)35(30(25)24-7-6-8-27(37)31(24)38)26-15-12-22(36)18-28(26)40-33(35)43/h6-10,12-15,18,21,25,30H,5,11,16-17,19H2,1-4H3,(H,39,42)(H,40,43)/t21-,25+,30-,35-/m0/s1. The minimum atomic E-state index is -1.22. The lowest BCUT2D eigenvalue weighted by Gasteiger charge is -2.39. The van der Waals surface area contributed by atoms with Crippen molar-refractivity contribution in [2.75, 3.05) is 17.2 Å². The van der Waals surface area contributed by atoms with Crippen LogP contribution >= 0.6 is 23.2 Å². The van der Waals surface area contributed by atoms with Crippen LogP contribution in [0.25, 0.3) is 0 Å².